The molecule has 2 rings (SSSR count). The Bertz CT molecular complexity index is 700. The van der Waals surface area contributed by atoms with E-state index in [4.69, 9.17) is 9.47 Å². The lowest BCUT2D eigenvalue weighted by Gasteiger charge is -2.20. The summed E-state index contributed by atoms with van der Waals surface area (Å²) in [6.45, 7) is 5.71. The molecule has 1 heterocycles. The highest BCUT2D eigenvalue weighted by atomic mass is 32.1. The van der Waals surface area contributed by atoms with Gasteiger partial charge in [0.2, 0.25) is 5.91 Å². The zero-order valence-electron chi connectivity index (χ0n) is 15.4. The van der Waals surface area contributed by atoms with Crippen molar-refractivity contribution < 1.29 is 14.3 Å². The Hall–Kier alpha value is -2.08. The number of hydrogen-bond acceptors (Lipinski definition) is 5. The Kier molecular flexibility index (Phi) is 7.25. The third kappa shape index (κ3) is 4.95. The quantitative estimate of drug-likeness (QED) is 0.676. The predicted molar refractivity (Wildman–Crippen MR) is 102 cm³/mol. The van der Waals surface area contributed by atoms with Crippen molar-refractivity contribution in [2.24, 2.45) is 0 Å². The first-order chi connectivity index (χ1) is 12.1. The van der Waals surface area contributed by atoms with Gasteiger partial charge in [-0.25, -0.2) is 4.98 Å². The number of hydrogen-bond donors (Lipinski definition) is 0. The van der Waals surface area contributed by atoms with Gasteiger partial charge < -0.3 is 14.4 Å². The second kappa shape index (κ2) is 9.42. The van der Waals surface area contributed by atoms with Gasteiger partial charge in [-0.15, -0.1) is 11.3 Å². The zero-order valence-corrected chi connectivity index (χ0v) is 16.2. The molecule has 0 spiro atoms. The second-order valence-corrected chi connectivity index (χ2v) is 6.58. The number of aromatic nitrogens is 1. The van der Waals surface area contributed by atoms with Crippen molar-refractivity contribution in [2.75, 3.05) is 27.3 Å². The Morgan fingerprint density at radius 3 is 2.60 bits per heavy atom. The number of rotatable bonds is 9. The molecule has 0 aliphatic heterocycles. The molecule has 0 N–H and O–H groups in total. The summed E-state index contributed by atoms with van der Waals surface area (Å²) in [5.41, 5.74) is 1.77. The number of amides is 1. The highest BCUT2D eigenvalue weighted by Gasteiger charge is 2.15. The van der Waals surface area contributed by atoms with Crippen molar-refractivity contribution in [3.05, 3.63) is 29.3 Å². The molecule has 0 fully saturated rings. The third-order valence-corrected chi connectivity index (χ3v) is 4.97. The molecule has 0 bridgehead atoms. The molecule has 0 saturated heterocycles. The average molecular weight is 362 g/mol. The molecule has 2 aromatic rings. The van der Waals surface area contributed by atoms with E-state index in [1.165, 1.54) is 11.3 Å². The van der Waals surface area contributed by atoms with Gasteiger partial charge in [0.15, 0.2) is 11.5 Å². The van der Waals surface area contributed by atoms with Gasteiger partial charge in [-0.1, -0.05) is 13.3 Å². The van der Waals surface area contributed by atoms with Gasteiger partial charge in [0.05, 0.1) is 26.3 Å². The van der Waals surface area contributed by atoms with Gasteiger partial charge in [0.25, 0.3) is 0 Å². The average Bonchev–Trinajstić information content (AvgIpc) is 3.10. The minimum Gasteiger partial charge on any atom is -0.493 e. The highest BCUT2D eigenvalue weighted by Crippen LogP contribution is 2.33. The Balaban J connectivity index is 2.10. The number of unbranched alkanes of at least 4 members (excludes halogenated alkanes) is 1. The molecule has 1 aromatic heterocycles. The smallest absolute Gasteiger partial charge is 0.228 e. The topological polar surface area (TPSA) is 51.7 Å². The molecule has 0 saturated carbocycles. The van der Waals surface area contributed by atoms with Gasteiger partial charge in [-0.05, 0) is 31.5 Å². The normalized spacial score (nSPS) is 10.6. The van der Waals surface area contributed by atoms with Crippen molar-refractivity contribution in [1.82, 2.24) is 9.88 Å². The fourth-order valence-electron chi connectivity index (χ4n) is 2.56. The lowest BCUT2D eigenvalue weighted by atomic mass is 10.2. The van der Waals surface area contributed by atoms with E-state index in [0.717, 1.165) is 42.2 Å². The van der Waals surface area contributed by atoms with Crippen LogP contribution >= 0.6 is 11.3 Å². The maximum atomic E-state index is 12.4. The summed E-state index contributed by atoms with van der Waals surface area (Å²) < 4.78 is 10.6. The molecule has 0 aliphatic carbocycles. The molecule has 1 aromatic carbocycles. The van der Waals surface area contributed by atoms with E-state index in [9.17, 15) is 4.79 Å². The predicted octanol–water partition coefficient (Wildman–Crippen LogP) is 4.02. The van der Waals surface area contributed by atoms with E-state index in [0.29, 0.717) is 17.9 Å². The number of nitrogens with zero attached hydrogens (tertiary/aromatic N) is 2. The molecular formula is C19H26N2O3S. The first-order valence-electron chi connectivity index (χ1n) is 8.57. The fraction of sp³-hybridized carbons (Fsp3) is 0.474. The van der Waals surface area contributed by atoms with Crippen LogP contribution in [-0.4, -0.2) is 43.1 Å². The van der Waals surface area contributed by atoms with E-state index in [1.807, 2.05) is 35.4 Å². The van der Waals surface area contributed by atoms with Crippen LogP contribution in [0.3, 0.4) is 0 Å². The number of likely N-dealkylation sites (N-methyl/N-ethyl adjacent to an activating group) is 1. The maximum absolute atomic E-state index is 12.4. The number of thiazole rings is 1. The van der Waals surface area contributed by atoms with Crippen molar-refractivity contribution >= 4 is 17.2 Å². The lowest BCUT2D eigenvalue weighted by Crippen LogP contribution is -2.33. The standard InChI is InChI=1S/C19H26N2O3S/c1-5-7-10-21(6-2)18(22)12-15-13-25-19(20-15)14-8-9-16(23-3)17(11-14)24-4/h8-9,11,13H,5-7,10,12H2,1-4H3. The van der Waals surface area contributed by atoms with E-state index in [1.54, 1.807) is 14.2 Å². The van der Waals surface area contributed by atoms with E-state index < -0.39 is 0 Å². The summed E-state index contributed by atoms with van der Waals surface area (Å²) in [4.78, 5) is 19.0. The molecule has 0 radical (unpaired) electrons. The van der Waals surface area contributed by atoms with Gasteiger partial charge in [-0.2, -0.15) is 0 Å². The highest BCUT2D eigenvalue weighted by molar-refractivity contribution is 7.13. The fourth-order valence-corrected chi connectivity index (χ4v) is 3.38. The number of carbonyl (C=O) groups is 1. The summed E-state index contributed by atoms with van der Waals surface area (Å²) >= 11 is 1.54. The molecule has 0 unspecified atom stereocenters. The van der Waals surface area contributed by atoms with Crippen LogP contribution < -0.4 is 9.47 Å². The van der Waals surface area contributed by atoms with Crippen LogP contribution in [0.5, 0.6) is 11.5 Å². The summed E-state index contributed by atoms with van der Waals surface area (Å²) in [7, 11) is 3.23. The van der Waals surface area contributed by atoms with E-state index in [-0.39, 0.29) is 5.91 Å². The van der Waals surface area contributed by atoms with Crippen LogP contribution in [0.25, 0.3) is 10.6 Å². The van der Waals surface area contributed by atoms with E-state index >= 15 is 0 Å². The van der Waals surface area contributed by atoms with Crippen LogP contribution in [0.1, 0.15) is 32.4 Å². The maximum Gasteiger partial charge on any atom is 0.228 e. The number of methoxy groups -OCH3 is 2. The van der Waals surface area contributed by atoms with Crippen LogP contribution in [0.4, 0.5) is 0 Å². The number of carbonyl (C=O) groups excluding carboxylic acids is 1. The van der Waals surface area contributed by atoms with Crippen molar-refractivity contribution in [3.63, 3.8) is 0 Å². The van der Waals surface area contributed by atoms with Crippen LogP contribution in [0.2, 0.25) is 0 Å². The second-order valence-electron chi connectivity index (χ2n) is 5.72. The zero-order chi connectivity index (χ0) is 18.2. The van der Waals surface area contributed by atoms with Gasteiger partial charge >= 0.3 is 0 Å². The molecule has 6 heteroatoms. The summed E-state index contributed by atoms with van der Waals surface area (Å²) in [6.07, 6.45) is 2.47. The monoisotopic (exact) mass is 362 g/mol. The van der Waals surface area contributed by atoms with Gasteiger partial charge in [0.1, 0.15) is 5.01 Å². The van der Waals surface area contributed by atoms with Crippen molar-refractivity contribution in [2.45, 2.75) is 33.1 Å². The molecule has 0 atom stereocenters. The first kappa shape index (κ1) is 19.2. The van der Waals surface area contributed by atoms with Crippen LogP contribution in [0, 0.1) is 0 Å². The molecule has 136 valence electrons. The Labute approximate surface area is 153 Å². The third-order valence-electron chi connectivity index (χ3n) is 4.03. The summed E-state index contributed by atoms with van der Waals surface area (Å²) in [5.74, 6) is 1.50. The summed E-state index contributed by atoms with van der Waals surface area (Å²) in [5, 5.41) is 2.83. The first-order valence-corrected chi connectivity index (χ1v) is 9.45. The van der Waals surface area contributed by atoms with E-state index in [2.05, 4.69) is 11.9 Å². The minimum absolute atomic E-state index is 0.139. The van der Waals surface area contributed by atoms with Crippen LogP contribution in [0.15, 0.2) is 23.6 Å². The SMILES string of the molecule is CCCCN(CC)C(=O)Cc1csc(-c2ccc(OC)c(OC)c2)n1. The van der Waals surface area contributed by atoms with Crippen molar-refractivity contribution in [1.29, 1.82) is 0 Å². The Morgan fingerprint density at radius 2 is 1.96 bits per heavy atom. The molecule has 0 aliphatic rings. The largest absolute Gasteiger partial charge is 0.493 e. The van der Waals surface area contributed by atoms with Gasteiger partial charge in [-0.3, -0.25) is 4.79 Å². The molecule has 5 nitrogen and oxygen atoms in total. The Morgan fingerprint density at radius 1 is 1.20 bits per heavy atom. The van der Waals surface area contributed by atoms with Crippen LogP contribution in [-0.2, 0) is 11.2 Å². The molecule has 25 heavy (non-hydrogen) atoms. The molecular weight excluding hydrogens is 336 g/mol. The van der Waals surface area contributed by atoms with Crippen molar-refractivity contribution in [3.8, 4) is 22.1 Å². The molecule has 1 amide bonds. The number of benzene rings is 1. The number of ether oxygens (including phenoxy) is 2. The van der Waals surface area contributed by atoms with Gasteiger partial charge in [0, 0.05) is 24.0 Å². The lowest BCUT2D eigenvalue weighted by molar-refractivity contribution is -0.130. The minimum atomic E-state index is 0.139. The summed E-state index contributed by atoms with van der Waals surface area (Å²) in [6, 6.07) is 5.72.